The number of carbonyl (C=O) groups is 1. The van der Waals surface area contributed by atoms with Crippen LogP contribution in [-0.4, -0.2) is 29.9 Å². The Balaban J connectivity index is 1.97. The molecule has 1 aliphatic rings. The fourth-order valence-electron chi connectivity index (χ4n) is 2.84. The molecular formula is C17H23N3O. The molecule has 1 aromatic carbocycles. The average molecular weight is 285 g/mol. The van der Waals surface area contributed by atoms with Gasteiger partial charge < -0.3 is 5.32 Å². The summed E-state index contributed by atoms with van der Waals surface area (Å²) in [6.07, 6.45) is 2.36. The van der Waals surface area contributed by atoms with Crippen molar-refractivity contribution in [2.75, 3.05) is 18.4 Å². The summed E-state index contributed by atoms with van der Waals surface area (Å²) in [5, 5.41) is 11.7. The summed E-state index contributed by atoms with van der Waals surface area (Å²) in [6.45, 7) is 8.40. The van der Waals surface area contributed by atoms with Crippen LogP contribution < -0.4 is 5.32 Å². The quantitative estimate of drug-likeness (QED) is 0.928. The van der Waals surface area contributed by atoms with E-state index in [0.717, 1.165) is 25.2 Å². The maximum Gasteiger partial charge on any atom is 0.241 e. The van der Waals surface area contributed by atoms with E-state index in [1.54, 1.807) is 24.3 Å². The van der Waals surface area contributed by atoms with Crippen LogP contribution >= 0.6 is 0 Å². The molecule has 4 heteroatoms. The molecule has 112 valence electrons. The van der Waals surface area contributed by atoms with Crippen LogP contribution in [0.2, 0.25) is 0 Å². The third-order valence-corrected chi connectivity index (χ3v) is 4.14. The number of carbonyl (C=O) groups excluding carboxylic acids is 1. The van der Waals surface area contributed by atoms with E-state index in [4.69, 9.17) is 5.26 Å². The molecule has 1 amide bonds. The van der Waals surface area contributed by atoms with Gasteiger partial charge in [-0.05, 0) is 56.0 Å². The monoisotopic (exact) mass is 285 g/mol. The van der Waals surface area contributed by atoms with Gasteiger partial charge in [0.25, 0.3) is 0 Å². The lowest BCUT2D eigenvalue weighted by Gasteiger charge is -2.40. The average Bonchev–Trinajstić information content (AvgIpc) is 2.46. The minimum absolute atomic E-state index is 0.0115. The fraction of sp³-hybridized carbons (Fsp3) is 0.529. The first kappa shape index (κ1) is 15.5. The van der Waals surface area contributed by atoms with Gasteiger partial charge in [0.05, 0.1) is 17.7 Å². The molecule has 2 rings (SSSR count). The van der Waals surface area contributed by atoms with E-state index < -0.39 is 0 Å². The van der Waals surface area contributed by atoms with Crippen molar-refractivity contribution in [2.45, 2.75) is 39.7 Å². The molecule has 1 atom stereocenters. The van der Waals surface area contributed by atoms with Crippen molar-refractivity contribution in [3.05, 3.63) is 29.8 Å². The van der Waals surface area contributed by atoms with E-state index in [-0.39, 0.29) is 17.4 Å². The molecule has 0 aromatic heterocycles. The molecule has 1 unspecified atom stereocenters. The van der Waals surface area contributed by atoms with Gasteiger partial charge in [-0.2, -0.15) is 5.26 Å². The van der Waals surface area contributed by atoms with Gasteiger partial charge >= 0.3 is 0 Å². The first-order chi connectivity index (χ1) is 9.91. The number of hydrogen-bond donors (Lipinski definition) is 1. The fourth-order valence-corrected chi connectivity index (χ4v) is 2.84. The van der Waals surface area contributed by atoms with Gasteiger partial charge in [0.2, 0.25) is 5.91 Å². The second-order valence-electron chi connectivity index (χ2n) is 6.59. The molecule has 1 heterocycles. The topological polar surface area (TPSA) is 56.1 Å². The van der Waals surface area contributed by atoms with E-state index >= 15 is 0 Å². The smallest absolute Gasteiger partial charge is 0.241 e. The van der Waals surface area contributed by atoms with Crippen LogP contribution in [0.4, 0.5) is 5.69 Å². The molecule has 1 aliphatic heterocycles. The van der Waals surface area contributed by atoms with Crippen molar-refractivity contribution in [3.63, 3.8) is 0 Å². The van der Waals surface area contributed by atoms with Crippen molar-refractivity contribution in [3.8, 4) is 6.07 Å². The molecule has 1 aromatic rings. The Kier molecular flexibility index (Phi) is 4.64. The summed E-state index contributed by atoms with van der Waals surface area (Å²) >= 11 is 0. The van der Waals surface area contributed by atoms with Crippen LogP contribution in [0.1, 0.15) is 39.2 Å². The van der Waals surface area contributed by atoms with E-state index in [1.807, 2.05) is 6.92 Å². The van der Waals surface area contributed by atoms with Crippen molar-refractivity contribution >= 4 is 11.6 Å². The standard InChI is InChI=1S/C17H23N3O/c1-13(20-10-4-9-17(2,3)12-20)16(21)19-15-7-5-14(11-18)6-8-15/h5-8,13H,4,9-10,12H2,1-3H3,(H,19,21). The third-order valence-electron chi connectivity index (χ3n) is 4.14. The minimum Gasteiger partial charge on any atom is -0.325 e. The Bertz CT molecular complexity index is 542. The maximum atomic E-state index is 12.4. The van der Waals surface area contributed by atoms with E-state index in [1.165, 1.54) is 6.42 Å². The predicted octanol–water partition coefficient (Wildman–Crippen LogP) is 3.01. The Labute approximate surface area is 126 Å². The Hall–Kier alpha value is -1.86. The molecule has 1 saturated heterocycles. The molecule has 0 radical (unpaired) electrons. The highest BCUT2D eigenvalue weighted by Crippen LogP contribution is 2.29. The SMILES string of the molecule is CC(C(=O)Nc1ccc(C#N)cc1)N1CCCC(C)(C)C1. The molecule has 1 fully saturated rings. The first-order valence-corrected chi connectivity index (χ1v) is 7.46. The van der Waals surface area contributed by atoms with Gasteiger partial charge in [-0.3, -0.25) is 9.69 Å². The summed E-state index contributed by atoms with van der Waals surface area (Å²) in [5.74, 6) is 0.0115. The highest BCUT2D eigenvalue weighted by molar-refractivity contribution is 5.94. The van der Waals surface area contributed by atoms with Crippen LogP contribution in [0.5, 0.6) is 0 Å². The molecule has 0 bridgehead atoms. The largest absolute Gasteiger partial charge is 0.325 e. The van der Waals surface area contributed by atoms with Crippen LogP contribution in [0.25, 0.3) is 0 Å². The number of nitrogens with zero attached hydrogens (tertiary/aromatic N) is 2. The minimum atomic E-state index is -0.139. The van der Waals surface area contributed by atoms with Crippen LogP contribution in [0.3, 0.4) is 0 Å². The van der Waals surface area contributed by atoms with Gasteiger partial charge in [-0.25, -0.2) is 0 Å². The maximum absolute atomic E-state index is 12.4. The molecule has 0 saturated carbocycles. The summed E-state index contributed by atoms with van der Waals surface area (Å²) < 4.78 is 0. The van der Waals surface area contributed by atoms with E-state index in [9.17, 15) is 4.79 Å². The lowest BCUT2D eigenvalue weighted by Crippen LogP contribution is -2.49. The number of rotatable bonds is 3. The number of piperidine rings is 1. The van der Waals surface area contributed by atoms with E-state index in [2.05, 4.69) is 30.1 Å². The number of nitriles is 1. The van der Waals surface area contributed by atoms with Gasteiger partial charge in [0.15, 0.2) is 0 Å². The van der Waals surface area contributed by atoms with Gasteiger partial charge in [-0.15, -0.1) is 0 Å². The summed E-state index contributed by atoms with van der Waals surface area (Å²) in [6, 6.07) is 8.89. The van der Waals surface area contributed by atoms with Crippen LogP contribution in [0.15, 0.2) is 24.3 Å². The van der Waals surface area contributed by atoms with Gasteiger partial charge in [0, 0.05) is 12.2 Å². The molecule has 0 aliphatic carbocycles. The first-order valence-electron chi connectivity index (χ1n) is 7.46. The summed E-state index contributed by atoms with van der Waals surface area (Å²) in [5.41, 5.74) is 1.61. The predicted molar refractivity (Wildman–Crippen MR) is 83.8 cm³/mol. The van der Waals surface area contributed by atoms with E-state index in [0.29, 0.717) is 5.56 Å². The zero-order valence-electron chi connectivity index (χ0n) is 13.0. The van der Waals surface area contributed by atoms with Crippen molar-refractivity contribution in [1.29, 1.82) is 5.26 Å². The van der Waals surface area contributed by atoms with Crippen molar-refractivity contribution < 1.29 is 4.79 Å². The lowest BCUT2D eigenvalue weighted by atomic mass is 9.83. The van der Waals surface area contributed by atoms with Crippen LogP contribution in [0, 0.1) is 16.7 Å². The molecule has 1 N–H and O–H groups in total. The van der Waals surface area contributed by atoms with Gasteiger partial charge in [-0.1, -0.05) is 13.8 Å². The number of benzene rings is 1. The van der Waals surface area contributed by atoms with Crippen molar-refractivity contribution in [1.82, 2.24) is 4.90 Å². The number of likely N-dealkylation sites (tertiary alicyclic amines) is 1. The number of hydrogen-bond acceptors (Lipinski definition) is 3. The lowest BCUT2D eigenvalue weighted by molar-refractivity contribution is -0.121. The van der Waals surface area contributed by atoms with Crippen molar-refractivity contribution in [2.24, 2.45) is 5.41 Å². The molecule has 4 nitrogen and oxygen atoms in total. The molecule has 0 spiro atoms. The number of anilines is 1. The highest BCUT2D eigenvalue weighted by atomic mass is 16.2. The summed E-state index contributed by atoms with van der Waals surface area (Å²) in [4.78, 5) is 14.6. The Morgan fingerprint density at radius 1 is 1.38 bits per heavy atom. The Morgan fingerprint density at radius 3 is 2.62 bits per heavy atom. The number of amides is 1. The second kappa shape index (κ2) is 6.28. The molecule has 21 heavy (non-hydrogen) atoms. The summed E-state index contributed by atoms with van der Waals surface area (Å²) in [7, 11) is 0. The highest BCUT2D eigenvalue weighted by Gasteiger charge is 2.31. The third kappa shape index (κ3) is 4.05. The zero-order chi connectivity index (χ0) is 15.5. The second-order valence-corrected chi connectivity index (χ2v) is 6.59. The van der Waals surface area contributed by atoms with Crippen LogP contribution in [-0.2, 0) is 4.79 Å². The normalized spacial score (nSPS) is 19.5. The molecular weight excluding hydrogens is 262 g/mol. The Morgan fingerprint density at radius 2 is 2.05 bits per heavy atom. The zero-order valence-corrected chi connectivity index (χ0v) is 13.0. The number of nitrogens with one attached hydrogen (secondary N) is 1. The van der Waals surface area contributed by atoms with Gasteiger partial charge in [0.1, 0.15) is 0 Å².